The van der Waals surface area contributed by atoms with E-state index in [0.717, 1.165) is 18.4 Å². The predicted molar refractivity (Wildman–Crippen MR) is 80.9 cm³/mol. The molecule has 1 aromatic rings. The van der Waals surface area contributed by atoms with Crippen molar-refractivity contribution in [3.63, 3.8) is 0 Å². The number of rotatable bonds is 3. The summed E-state index contributed by atoms with van der Waals surface area (Å²) in [5, 5.41) is 9.22. The largest absolute Gasteiger partial charge is 0.396 e. The molecule has 1 aliphatic heterocycles. The maximum Gasteiger partial charge on any atom is 0.243 e. The summed E-state index contributed by atoms with van der Waals surface area (Å²) >= 11 is 0. The van der Waals surface area contributed by atoms with Crippen LogP contribution in [0.4, 0.5) is 0 Å². The molecule has 6 heteroatoms. The summed E-state index contributed by atoms with van der Waals surface area (Å²) in [4.78, 5) is 0.263. The van der Waals surface area contributed by atoms with Gasteiger partial charge in [0.15, 0.2) is 0 Å². The van der Waals surface area contributed by atoms with E-state index < -0.39 is 10.0 Å². The zero-order valence-electron chi connectivity index (χ0n) is 11.8. The van der Waals surface area contributed by atoms with Gasteiger partial charge in [-0.15, -0.1) is 0 Å². The summed E-state index contributed by atoms with van der Waals surface area (Å²) in [5.74, 6) is 5.62. The Balaban J connectivity index is 2.19. The molecule has 1 aromatic carbocycles. The van der Waals surface area contributed by atoms with E-state index in [9.17, 15) is 13.5 Å². The summed E-state index contributed by atoms with van der Waals surface area (Å²) in [7, 11) is -3.49. The van der Waals surface area contributed by atoms with Gasteiger partial charge in [-0.3, -0.25) is 0 Å². The lowest BCUT2D eigenvalue weighted by molar-refractivity contribution is 0.165. The van der Waals surface area contributed by atoms with Crippen LogP contribution in [0, 0.1) is 17.8 Å². The van der Waals surface area contributed by atoms with Gasteiger partial charge in [0.25, 0.3) is 0 Å². The molecular weight excluding hydrogens is 288 g/mol. The van der Waals surface area contributed by atoms with Gasteiger partial charge in [0.2, 0.25) is 10.0 Å². The first-order chi connectivity index (χ1) is 10.1. The number of piperidine rings is 1. The number of hydrogen-bond acceptors (Lipinski definition) is 4. The minimum absolute atomic E-state index is 0.0274. The van der Waals surface area contributed by atoms with Crippen molar-refractivity contribution in [3.8, 4) is 11.8 Å². The molecule has 0 aliphatic carbocycles. The molecule has 1 saturated heterocycles. The zero-order chi connectivity index (χ0) is 15.3. The minimum atomic E-state index is -3.49. The third kappa shape index (κ3) is 3.83. The summed E-state index contributed by atoms with van der Waals surface area (Å²) in [5.41, 5.74) is 6.04. The van der Waals surface area contributed by atoms with Crippen molar-refractivity contribution in [2.45, 2.75) is 17.7 Å². The van der Waals surface area contributed by atoms with Crippen LogP contribution in [0.2, 0.25) is 0 Å². The highest BCUT2D eigenvalue weighted by Crippen LogP contribution is 2.23. The number of nitrogens with two attached hydrogens (primary N) is 1. The Kier molecular flexibility index (Phi) is 5.37. The van der Waals surface area contributed by atoms with Crippen LogP contribution in [0.1, 0.15) is 18.4 Å². The SMILES string of the molecule is NCC#Cc1ccc(S(=O)(=O)N2CCCC(CO)C2)cc1. The van der Waals surface area contributed by atoms with Crippen LogP contribution in [0.25, 0.3) is 0 Å². The predicted octanol–water partition coefficient (Wildman–Crippen LogP) is 0.390. The van der Waals surface area contributed by atoms with Gasteiger partial charge in [0, 0.05) is 25.3 Å². The van der Waals surface area contributed by atoms with Gasteiger partial charge in [-0.2, -0.15) is 4.31 Å². The van der Waals surface area contributed by atoms with Crippen LogP contribution in [-0.2, 0) is 10.0 Å². The van der Waals surface area contributed by atoms with Crippen molar-refractivity contribution in [3.05, 3.63) is 29.8 Å². The second-order valence-corrected chi connectivity index (χ2v) is 7.02. The van der Waals surface area contributed by atoms with Gasteiger partial charge in [-0.05, 0) is 43.0 Å². The third-order valence-electron chi connectivity index (χ3n) is 3.57. The molecule has 1 heterocycles. The van der Waals surface area contributed by atoms with Crippen LogP contribution in [-0.4, -0.2) is 44.1 Å². The van der Waals surface area contributed by atoms with Crippen LogP contribution >= 0.6 is 0 Å². The fourth-order valence-corrected chi connectivity index (χ4v) is 3.96. The van der Waals surface area contributed by atoms with Crippen molar-refractivity contribution >= 4 is 10.0 Å². The lowest BCUT2D eigenvalue weighted by Crippen LogP contribution is -2.40. The van der Waals surface area contributed by atoms with Crippen LogP contribution in [0.5, 0.6) is 0 Å². The maximum absolute atomic E-state index is 12.6. The van der Waals surface area contributed by atoms with Gasteiger partial charge in [0.05, 0.1) is 11.4 Å². The number of nitrogens with zero attached hydrogens (tertiary/aromatic N) is 1. The summed E-state index contributed by atoms with van der Waals surface area (Å²) in [6.07, 6.45) is 1.65. The number of benzene rings is 1. The third-order valence-corrected chi connectivity index (χ3v) is 5.45. The minimum Gasteiger partial charge on any atom is -0.396 e. The zero-order valence-corrected chi connectivity index (χ0v) is 12.6. The highest BCUT2D eigenvalue weighted by Gasteiger charge is 2.29. The summed E-state index contributed by atoms with van der Waals surface area (Å²) in [6, 6.07) is 6.50. The van der Waals surface area contributed by atoms with Crippen molar-refractivity contribution in [2.75, 3.05) is 26.2 Å². The highest BCUT2D eigenvalue weighted by molar-refractivity contribution is 7.89. The first kappa shape index (κ1) is 16.0. The topological polar surface area (TPSA) is 83.6 Å². The molecule has 21 heavy (non-hydrogen) atoms. The Bertz CT molecular complexity index is 629. The molecule has 1 unspecified atom stereocenters. The summed E-state index contributed by atoms with van der Waals surface area (Å²) < 4.78 is 26.6. The van der Waals surface area contributed by atoms with Gasteiger partial charge in [-0.25, -0.2) is 8.42 Å². The number of aliphatic hydroxyl groups excluding tert-OH is 1. The van der Waals surface area contributed by atoms with Crippen molar-refractivity contribution in [1.29, 1.82) is 0 Å². The van der Waals surface area contributed by atoms with E-state index in [1.165, 1.54) is 4.31 Å². The standard InChI is InChI=1S/C15H20N2O3S/c16-9-1-3-13-5-7-15(8-6-13)21(19,20)17-10-2-4-14(11-17)12-18/h5-8,14,18H,2,4,9-12,16H2. The molecule has 0 spiro atoms. The molecule has 114 valence electrons. The second-order valence-electron chi connectivity index (χ2n) is 5.08. The molecule has 0 radical (unpaired) electrons. The molecule has 2 rings (SSSR count). The monoisotopic (exact) mass is 308 g/mol. The van der Waals surface area contributed by atoms with Crippen molar-refractivity contribution < 1.29 is 13.5 Å². The second kappa shape index (κ2) is 7.05. The fraction of sp³-hybridized carbons (Fsp3) is 0.467. The molecule has 0 saturated carbocycles. The Morgan fingerprint density at radius 3 is 2.67 bits per heavy atom. The number of hydrogen-bond donors (Lipinski definition) is 2. The Hall–Kier alpha value is -1.39. The Morgan fingerprint density at radius 2 is 2.05 bits per heavy atom. The molecule has 5 nitrogen and oxygen atoms in total. The quantitative estimate of drug-likeness (QED) is 0.791. The van der Waals surface area contributed by atoms with E-state index >= 15 is 0 Å². The first-order valence-electron chi connectivity index (χ1n) is 6.98. The Morgan fingerprint density at radius 1 is 1.33 bits per heavy atom. The lowest BCUT2D eigenvalue weighted by Gasteiger charge is -2.30. The van der Waals surface area contributed by atoms with E-state index in [2.05, 4.69) is 11.8 Å². The smallest absolute Gasteiger partial charge is 0.243 e. The fourth-order valence-electron chi connectivity index (χ4n) is 2.41. The van der Waals surface area contributed by atoms with Crippen LogP contribution < -0.4 is 5.73 Å². The molecular formula is C15H20N2O3S. The van der Waals surface area contributed by atoms with Crippen molar-refractivity contribution in [1.82, 2.24) is 4.31 Å². The molecule has 1 fully saturated rings. The van der Waals surface area contributed by atoms with E-state index in [1.807, 2.05) is 0 Å². The number of aliphatic hydroxyl groups is 1. The van der Waals surface area contributed by atoms with E-state index in [-0.39, 0.29) is 24.0 Å². The van der Waals surface area contributed by atoms with Gasteiger partial charge in [0.1, 0.15) is 0 Å². The first-order valence-corrected chi connectivity index (χ1v) is 8.42. The molecule has 0 amide bonds. The molecule has 1 aliphatic rings. The highest BCUT2D eigenvalue weighted by atomic mass is 32.2. The average Bonchev–Trinajstić information content (AvgIpc) is 2.53. The molecule has 1 atom stereocenters. The summed E-state index contributed by atoms with van der Waals surface area (Å²) in [6.45, 7) is 1.19. The van der Waals surface area contributed by atoms with Gasteiger partial charge < -0.3 is 10.8 Å². The Labute approximate surface area is 125 Å². The van der Waals surface area contributed by atoms with Crippen LogP contribution in [0.15, 0.2) is 29.2 Å². The van der Waals surface area contributed by atoms with Gasteiger partial charge in [-0.1, -0.05) is 11.8 Å². The normalized spacial score (nSPS) is 19.8. The van der Waals surface area contributed by atoms with E-state index in [4.69, 9.17) is 5.73 Å². The maximum atomic E-state index is 12.6. The lowest BCUT2D eigenvalue weighted by atomic mass is 10.0. The number of sulfonamides is 1. The average molecular weight is 308 g/mol. The van der Waals surface area contributed by atoms with Gasteiger partial charge >= 0.3 is 0 Å². The molecule has 0 aromatic heterocycles. The van der Waals surface area contributed by atoms with Crippen molar-refractivity contribution in [2.24, 2.45) is 11.7 Å². The van der Waals surface area contributed by atoms with E-state index in [0.29, 0.717) is 13.1 Å². The molecule has 0 bridgehead atoms. The van der Waals surface area contributed by atoms with Crippen LogP contribution in [0.3, 0.4) is 0 Å². The molecule has 3 N–H and O–H groups in total. The van der Waals surface area contributed by atoms with E-state index in [1.54, 1.807) is 24.3 Å².